The van der Waals surface area contributed by atoms with E-state index in [-0.39, 0.29) is 29.7 Å². The van der Waals surface area contributed by atoms with Crippen LogP contribution in [0.3, 0.4) is 0 Å². The molecule has 142 valence electrons. The summed E-state index contributed by atoms with van der Waals surface area (Å²) in [7, 11) is -1.09. The largest absolute Gasteiger partial charge is 0.357 e. The molecule has 1 aromatic rings. The third kappa shape index (κ3) is 6.92. The molecule has 1 aliphatic heterocycles. The third-order valence-corrected chi connectivity index (χ3v) is 6.05. The maximum atomic E-state index is 11.8. The summed E-state index contributed by atoms with van der Waals surface area (Å²) in [5.74, 6) is 1.02. The normalized spacial score (nSPS) is 17.2. The first-order chi connectivity index (χ1) is 11.4. The Kier molecular flexibility index (Phi) is 9.47. The zero-order valence-electron chi connectivity index (χ0n) is 14.6. The number of halogens is 2. The molecule has 0 radical (unpaired) electrons. The van der Waals surface area contributed by atoms with Crippen LogP contribution in [-0.4, -0.2) is 62.6 Å². The van der Waals surface area contributed by atoms with Crippen LogP contribution in [0.15, 0.2) is 29.3 Å². The molecular formula is C16H26ClIN4O2S. The van der Waals surface area contributed by atoms with Gasteiger partial charge in [0.1, 0.15) is 0 Å². The molecule has 25 heavy (non-hydrogen) atoms. The lowest BCUT2D eigenvalue weighted by atomic mass is 10.2. The smallest absolute Gasteiger partial charge is 0.214 e. The molecule has 6 nitrogen and oxygen atoms in total. The zero-order valence-corrected chi connectivity index (χ0v) is 18.5. The highest BCUT2D eigenvalue weighted by Crippen LogP contribution is 2.13. The van der Waals surface area contributed by atoms with E-state index in [1.54, 1.807) is 0 Å². The van der Waals surface area contributed by atoms with E-state index < -0.39 is 10.0 Å². The van der Waals surface area contributed by atoms with E-state index in [2.05, 4.69) is 10.3 Å². The monoisotopic (exact) mass is 500 g/mol. The van der Waals surface area contributed by atoms with Gasteiger partial charge in [0.05, 0.1) is 12.3 Å². The van der Waals surface area contributed by atoms with Crippen LogP contribution in [0.5, 0.6) is 0 Å². The molecule has 1 N–H and O–H groups in total. The molecule has 0 atom stereocenters. The van der Waals surface area contributed by atoms with Crippen molar-refractivity contribution in [3.05, 3.63) is 34.9 Å². The topological polar surface area (TPSA) is 65.0 Å². The number of rotatable bonds is 6. The Morgan fingerprint density at radius 3 is 2.60 bits per heavy atom. The number of nitrogens with one attached hydrogen (secondary N) is 1. The van der Waals surface area contributed by atoms with Gasteiger partial charge in [-0.15, -0.1) is 24.0 Å². The van der Waals surface area contributed by atoms with Gasteiger partial charge >= 0.3 is 0 Å². The predicted molar refractivity (Wildman–Crippen MR) is 114 cm³/mol. The Morgan fingerprint density at radius 1 is 1.36 bits per heavy atom. The summed E-state index contributed by atoms with van der Waals surface area (Å²) in [5.41, 5.74) is 1.13. The van der Waals surface area contributed by atoms with E-state index >= 15 is 0 Å². The molecule has 1 aliphatic rings. The van der Waals surface area contributed by atoms with Crippen LogP contribution in [0.2, 0.25) is 5.02 Å². The molecule has 0 aromatic heterocycles. The van der Waals surface area contributed by atoms with Gasteiger partial charge in [-0.3, -0.25) is 4.99 Å². The fourth-order valence-corrected chi connectivity index (χ4v) is 4.26. The minimum atomic E-state index is -3.05. The molecule has 0 spiro atoms. The first kappa shape index (κ1) is 22.5. The molecule has 1 fully saturated rings. The van der Waals surface area contributed by atoms with Gasteiger partial charge in [0, 0.05) is 38.2 Å². The van der Waals surface area contributed by atoms with Crippen LogP contribution in [0, 0.1) is 0 Å². The minimum absolute atomic E-state index is 0. The van der Waals surface area contributed by atoms with Crippen molar-refractivity contribution >= 4 is 51.6 Å². The fraction of sp³-hybridized carbons (Fsp3) is 0.562. The summed E-state index contributed by atoms with van der Waals surface area (Å²) in [6.07, 6.45) is 0.711. The second kappa shape index (κ2) is 10.5. The van der Waals surface area contributed by atoms with Crippen molar-refractivity contribution in [3.63, 3.8) is 0 Å². The quantitative estimate of drug-likeness (QED) is 0.370. The Balaban J connectivity index is 0.00000312. The molecule has 1 aromatic carbocycles. The van der Waals surface area contributed by atoms with Crippen molar-refractivity contribution in [2.45, 2.75) is 19.9 Å². The van der Waals surface area contributed by atoms with E-state index in [9.17, 15) is 8.42 Å². The molecule has 1 heterocycles. The van der Waals surface area contributed by atoms with Gasteiger partial charge in [-0.25, -0.2) is 12.7 Å². The Labute approximate surface area is 172 Å². The third-order valence-electron chi connectivity index (χ3n) is 3.84. The maximum Gasteiger partial charge on any atom is 0.214 e. The highest BCUT2D eigenvalue weighted by Gasteiger charge is 2.27. The van der Waals surface area contributed by atoms with Crippen LogP contribution in [0.25, 0.3) is 0 Å². The van der Waals surface area contributed by atoms with E-state index in [4.69, 9.17) is 11.6 Å². The lowest BCUT2D eigenvalue weighted by molar-refractivity contribution is 0.445. The van der Waals surface area contributed by atoms with Crippen molar-refractivity contribution in [2.75, 3.05) is 39.0 Å². The van der Waals surface area contributed by atoms with Crippen molar-refractivity contribution in [1.82, 2.24) is 14.5 Å². The molecule has 0 bridgehead atoms. The molecule has 0 saturated carbocycles. The standard InChI is InChI=1S/C16H25ClN4O2S.HI/c1-3-18-16(19-9-11-21-10-4-12-24(21,22)23)20(2)13-14-5-7-15(17)8-6-14;/h5-8H,3-4,9-13H2,1-2H3,(H,18,19);1H. The fourth-order valence-electron chi connectivity index (χ4n) is 2.62. The minimum Gasteiger partial charge on any atom is -0.357 e. The van der Waals surface area contributed by atoms with Gasteiger partial charge in [-0.1, -0.05) is 23.7 Å². The summed E-state index contributed by atoms with van der Waals surface area (Å²) >= 11 is 5.91. The van der Waals surface area contributed by atoms with Crippen molar-refractivity contribution in [2.24, 2.45) is 4.99 Å². The Hall–Kier alpha value is -0.580. The number of benzene rings is 1. The summed E-state index contributed by atoms with van der Waals surface area (Å²) in [6.45, 7) is 4.96. The van der Waals surface area contributed by atoms with Gasteiger partial charge in [-0.05, 0) is 31.0 Å². The zero-order chi connectivity index (χ0) is 17.6. The van der Waals surface area contributed by atoms with E-state index in [1.165, 1.54) is 4.31 Å². The van der Waals surface area contributed by atoms with E-state index in [1.807, 2.05) is 43.1 Å². The van der Waals surface area contributed by atoms with Gasteiger partial charge in [0.15, 0.2) is 5.96 Å². The first-order valence-corrected chi connectivity index (χ1v) is 10.1. The van der Waals surface area contributed by atoms with Gasteiger partial charge < -0.3 is 10.2 Å². The first-order valence-electron chi connectivity index (χ1n) is 8.14. The highest BCUT2D eigenvalue weighted by atomic mass is 127. The summed E-state index contributed by atoms with van der Waals surface area (Å²) in [5, 5.41) is 3.96. The van der Waals surface area contributed by atoms with E-state index in [0.29, 0.717) is 37.6 Å². The number of guanidine groups is 1. The Morgan fingerprint density at radius 2 is 2.04 bits per heavy atom. The number of nitrogens with zero attached hydrogens (tertiary/aromatic N) is 3. The Bertz CT molecular complexity index is 667. The van der Waals surface area contributed by atoms with Crippen LogP contribution < -0.4 is 5.32 Å². The van der Waals surface area contributed by atoms with Crippen molar-refractivity contribution in [3.8, 4) is 0 Å². The van der Waals surface area contributed by atoms with Gasteiger partial charge in [-0.2, -0.15) is 0 Å². The second-order valence-electron chi connectivity index (χ2n) is 5.79. The SMILES string of the molecule is CCNC(=NCCN1CCCS1(=O)=O)N(C)Cc1ccc(Cl)cc1.I. The molecule has 9 heteroatoms. The molecule has 0 unspecified atom stereocenters. The van der Waals surface area contributed by atoms with Crippen LogP contribution in [0.1, 0.15) is 18.9 Å². The number of aliphatic imine (C=N–C) groups is 1. The number of hydrogen-bond acceptors (Lipinski definition) is 3. The molecular weight excluding hydrogens is 475 g/mol. The maximum absolute atomic E-state index is 11.8. The molecule has 0 amide bonds. The van der Waals surface area contributed by atoms with Crippen molar-refractivity contribution in [1.29, 1.82) is 0 Å². The molecule has 1 saturated heterocycles. The summed E-state index contributed by atoms with van der Waals surface area (Å²) in [4.78, 5) is 6.57. The lowest BCUT2D eigenvalue weighted by Crippen LogP contribution is -2.39. The van der Waals surface area contributed by atoms with E-state index in [0.717, 1.165) is 18.1 Å². The molecule has 0 aliphatic carbocycles. The predicted octanol–water partition coefficient (Wildman–Crippen LogP) is 2.39. The van der Waals surface area contributed by atoms with Crippen LogP contribution >= 0.6 is 35.6 Å². The van der Waals surface area contributed by atoms with Crippen LogP contribution in [0.4, 0.5) is 0 Å². The average Bonchev–Trinajstić information content (AvgIpc) is 2.87. The summed E-state index contributed by atoms with van der Waals surface area (Å²) in [6, 6.07) is 7.71. The van der Waals surface area contributed by atoms with Gasteiger partial charge in [0.25, 0.3) is 0 Å². The second-order valence-corrected chi connectivity index (χ2v) is 8.31. The van der Waals surface area contributed by atoms with Crippen molar-refractivity contribution < 1.29 is 8.42 Å². The molecule has 2 rings (SSSR count). The number of hydrogen-bond donors (Lipinski definition) is 1. The number of sulfonamides is 1. The summed E-state index contributed by atoms with van der Waals surface area (Å²) < 4.78 is 25.1. The van der Waals surface area contributed by atoms with Gasteiger partial charge in [0.2, 0.25) is 10.0 Å². The average molecular weight is 501 g/mol. The highest BCUT2D eigenvalue weighted by molar-refractivity contribution is 14.0. The van der Waals surface area contributed by atoms with Crippen LogP contribution in [-0.2, 0) is 16.6 Å². The lowest BCUT2D eigenvalue weighted by Gasteiger charge is -2.22.